The molecule has 0 spiro atoms. The third kappa shape index (κ3) is 3.35. The number of hydrazine groups is 1. The Labute approximate surface area is 115 Å². The van der Waals surface area contributed by atoms with Gasteiger partial charge in [-0.1, -0.05) is 18.7 Å². The number of hydrazone groups is 1. The minimum atomic E-state index is -0.592. The third-order valence-corrected chi connectivity index (χ3v) is 2.75. The normalized spacial score (nSPS) is 17.9. The molecule has 1 fully saturated rings. The number of aromatic hydroxyl groups is 1. The van der Waals surface area contributed by atoms with E-state index in [4.69, 9.17) is 0 Å². The van der Waals surface area contributed by atoms with Crippen LogP contribution in [0.25, 0.3) is 0 Å². The Hall–Kier alpha value is -2.83. The van der Waals surface area contributed by atoms with E-state index in [1.165, 1.54) is 18.3 Å². The van der Waals surface area contributed by atoms with Gasteiger partial charge in [-0.2, -0.15) is 5.10 Å². The summed E-state index contributed by atoms with van der Waals surface area (Å²) in [7, 11) is 0. The number of rotatable bonds is 4. The first kappa shape index (κ1) is 13.6. The van der Waals surface area contributed by atoms with Crippen molar-refractivity contribution in [3.63, 3.8) is 0 Å². The summed E-state index contributed by atoms with van der Waals surface area (Å²) in [4.78, 5) is 23.0. The van der Waals surface area contributed by atoms with Gasteiger partial charge in [0.25, 0.3) is 0 Å². The molecule has 20 heavy (non-hydrogen) atoms. The van der Waals surface area contributed by atoms with Crippen molar-refractivity contribution in [2.45, 2.75) is 6.42 Å². The first-order valence-corrected chi connectivity index (χ1v) is 5.92. The molecule has 1 heterocycles. The zero-order chi connectivity index (χ0) is 14.5. The predicted octanol–water partition coefficient (Wildman–Crippen LogP) is -0.00330. The van der Waals surface area contributed by atoms with E-state index in [1.54, 1.807) is 12.1 Å². The Morgan fingerprint density at radius 1 is 1.50 bits per heavy atom. The van der Waals surface area contributed by atoms with E-state index >= 15 is 0 Å². The van der Waals surface area contributed by atoms with Gasteiger partial charge in [0.15, 0.2) is 0 Å². The van der Waals surface area contributed by atoms with E-state index in [2.05, 4.69) is 28.0 Å². The molecule has 1 atom stereocenters. The second kappa shape index (κ2) is 5.87. The van der Waals surface area contributed by atoms with Crippen LogP contribution in [0.5, 0.6) is 5.75 Å². The van der Waals surface area contributed by atoms with Gasteiger partial charge in [0.05, 0.1) is 12.1 Å². The van der Waals surface area contributed by atoms with E-state index < -0.39 is 11.8 Å². The molecule has 104 valence electrons. The lowest BCUT2D eigenvalue weighted by Gasteiger charge is -2.05. The summed E-state index contributed by atoms with van der Waals surface area (Å²) in [6.07, 6.45) is 1.37. The highest BCUT2D eigenvalue weighted by molar-refractivity contribution is 5.90. The fourth-order valence-corrected chi connectivity index (χ4v) is 1.71. The van der Waals surface area contributed by atoms with E-state index in [0.29, 0.717) is 11.3 Å². The number of nitrogens with zero attached hydrogens (tertiary/aromatic N) is 1. The summed E-state index contributed by atoms with van der Waals surface area (Å²) >= 11 is 0. The zero-order valence-corrected chi connectivity index (χ0v) is 10.6. The van der Waals surface area contributed by atoms with Crippen molar-refractivity contribution < 1.29 is 14.7 Å². The Bertz CT molecular complexity index is 567. The number of nitrogens with one attached hydrogen (secondary N) is 3. The average Bonchev–Trinajstić information content (AvgIpc) is 2.71. The van der Waals surface area contributed by atoms with Gasteiger partial charge in [-0.15, -0.1) is 0 Å². The Morgan fingerprint density at radius 3 is 2.95 bits per heavy atom. The van der Waals surface area contributed by atoms with Crippen molar-refractivity contribution in [1.82, 2.24) is 16.3 Å². The summed E-state index contributed by atoms with van der Waals surface area (Å²) in [5, 5.41) is 13.0. The van der Waals surface area contributed by atoms with Crippen LogP contribution in [0.15, 0.2) is 41.6 Å². The standard InChI is InChI=1S/C13H14N4O3/c1-8-11(13(20)17-15-8)6-12(19)16-14-7-9-3-2-4-10(18)5-9/h2-5,7,11,15,18H,1,6H2,(H,16,19)(H,17,20). The fraction of sp³-hybridized carbons (Fsp3) is 0.154. The Morgan fingerprint density at radius 2 is 2.30 bits per heavy atom. The van der Waals surface area contributed by atoms with Crippen molar-refractivity contribution >= 4 is 18.0 Å². The molecule has 7 nitrogen and oxygen atoms in total. The van der Waals surface area contributed by atoms with Gasteiger partial charge in [-0.25, -0.2) is 5.43 Å². The molecule has 0 bridgehead atoms. The number of phenolic OH excluding ortho intramolecular Hbond substituents is 1. The zero-order valence-electron chi connectivity index (χ0n) is 10.6. The van der Waals surface area contributed by atoms with Crippen LogP contribution in [0.3, 0.4) is 0 Å². The minimum Gasteiger partial charge on any atom is -0.508 e. The van der Waals surface area contributed by atoms with Crippen LogP contribution >= 0.6 is 0 Å². The number of carbonyl (C=O) groups excluding carboxylic acids is 2. The number of phenols is 1. The highest BCUT2D eigenvalue weighted by Gasteiger charge is 2.29. The summed E-state index contributed by atoms with van der Waals surface area (Å²) in [6.45, 7) is 3.64. The molecule has 1 aromatic carbocycles. The molecule has 1 aromatic rings. The molecule has 2 amide bonds. The van der Waals surface area contributed by atoms with Crippen LogP contribution in [-0.4, -0.2) is 23.1 Å². The highest BCUT2D eigenvalue weighted by atomic mass is 16.3. The average molecular weight is 274 g/mol. The molecule has 2 rings (SSSR count). The molecule has 4 N–H and O–H groups in total. The third-order valence-electron chi connectivity index (χ3n) is 2.75. The van der Waals surface area contributed by atoms with Crippen LogP contribution in [-0.2, 0) is 9.59 Å². The van der Waals surface area contributed by atoms with Crippen LogP contribution in [0.4, 0.5) is 0 Å². The van der Waals surface area contributed by atoms with Gasteiger partial charge in [0, 0.05) is 12.1 Å². The van der Waals surface area contributed by atoms with Crippen molar-refractivity contribution in [3.8, 4) is 5.75 Å². The Balaban J connectivity index is 1.86. The quantitative estimate of drug-likeness (QED) is 0.458. The van der Waals surface area contributed by atoms with Gasteiger partial charge >= 0.3 is 0 Å². The second-order valence-electron chi connectivity index (χ2n) is 4.28. The largest absolute Gasteiger partial charge is 0.508 e. The summed E-state index contributed by atoms with van der Waals surface area (Å²) in [5.41, 5.74) is 8.38. The molecule has 7 heteroatoms. The van der Waals surface area contributed by atoms with Gasteiger partial charge in [-0.3, -0.25) is 15.0 Å². The molecular formula is C13H14N4O3. The van der Waals surface area contributed by atoms with Crippen LogP contribution < -0.4 is 16.3 Å². The first-order valence-electron chi connectivity index (χ1n) is 5.92. The maximum atomic E-state index is 11.6. The van der Waals surface area contributed by atoms with Crippen LogP contribution in [0.1, 0.15) is 12.0 Å². The number of hydrogen-bond donors (Lipinski definition) is 4. The molecular weight excluding hydrogens is 260 g/mol. The van der Waals surface area contributed by atoms with Gasteiger partial charge in [-0.05, 0) is 17.7 Å². The lowest BCUT2D eigenvalue weighted by Crippen LogP contribution is -2.27. The molecule has 1 aliphatic rings. The second-order valence-corrected chi connectivity index (χ2v) is 4.28. The topological polar surface area (TPSA) is 103 Å². The van der Waals surface area contributed by atoms with Crippen molar-refractivity contribution in [3.05, 3.63) is 42.1 Å². The number of benzene rings is 1. The van der Waals surface area contributed by atoms with Gasteiger partial charge < -0.3 is 10.5 Å². The number of carbonyl (C=O) groups is 2. The minimum absolute atomic E-state index is 0.0327. The van der Waals surface area contributed by atoms with E-state index in [9.17, 15) is 14.7 Å². The van der Waals surface area contributed by atoms with E-state index in [0.717, 1.165) is 0 Å². The van der Waals surface area contributed by atoms with Crippen molar-refractivity contribution in [2.75, 3.05) is 0 Å². The molecule has 0 aliphatic carbocycles. The van der Waals surface area contributed by atoms with Crippen LogP contribution in [0, 0.1) is 5.92 Å². The van der Waals surface area contributed by atoms with Crippen LogP contribution in [0.2, 0.25) is 0 Å². The molecule has 1 saturated heterocycles. The molecule has 1 aliphatic heterocycles. The first-order chi connectivity index (χ1) is 9.56. The molecule has 0 saturated carbocycles. The Kier molecular flexibility index (Phi) is 3.99. The molecule has 0 radical (unpaired) electrons. The predicted molar refractivity (Wildman–Crippen MR) is 72.4 cm³/mol. The maximum Gasteiger partial charge on any atom is 0.247 e. The van der Waals surface area contributed by atoms with E-state index in [1.807, 2.05) is 0 Å². The van der Waals surface area contributed by atoms with Crippen molar-refractivity contribution in [1.29, 1.82) is 0 Å². The summed E-state index contributed by atoms with van der Waals surface area (Å²) < 4.78 is 0. The lowest BCUT2D eigenvalue weighted by molar-refractivity contribution is -0.127. The lowest BCUT2D eigenvalue weighted by atomic mass is 10.0. The number of hydrogen-bond acceptors (Lipinski definition) is 5. The SMILES string of the molecule is C=C1NNC(=O)C1CC(=O)NN=Cc1cccc(O)c1. The summed E-state index contributed by atoms with van der Waals surface area (Å²) in [5.74, 6) is -1.16. The van der Waals surface area contributed by atoms with Gasteiger partial charge in [0.1, 0.15) is 5.75 Å². The van der Waals surface area contributed by atoms with Gasteiger partial charge in [0.2, 0.25) is 11.8 Å². The maximum absolute atomic E-state index is 11.6. The highest BCUT2D eigenvalue weighted by Crippen LogP contribution is 2.15. The smallest absolute Gasteiger partial charge is 0.247 e. The monoisotopic (exact) mass is 274 g/mol. The number of amides is 2. The summed E-state index contributed by atoms with van der Waals surface area (Å²) in [6, 6.07) is 6.43. The fourth-order valence-electron chi connectivity index (χ4n) is 1.71. The van der Waals surface area contributed by atoms with E-state index in [-0.39, 0.29) is 18.1 Å². The van der Waals surface area contributed by atoms with Crippen molar-refractivity contribution in [2.24, 2.45) is 11.0 Å². The molecule has 0 aromatic heterocycles. The molecule has 1 unspecified atom stereocenters.